The van der Waals surface area contributed by atoms with Gasteiger partial charge < -0.3 is 5.32 Å². The predicted molar refractivity (Wildman–Crippen MR) is 93.2 cm³/mol. The zero-order valence-corrected chi connectivity index (χ0v) is 13.5. The lowest BCUT2D eigenvalue weighted by Gasteiger charge is -2.05. The molecule has 3 rings (SSSR count). The number of nitro benzene ring substituents is 1. The van der Waals surface area contributed by atoms with Crippen molar-refractivity contribution in [2.45, 2.75) is 0 Å². The van der Waals surface area contributed by atoms with Gasteiger partial charge in [-0.3, -0.25) is 14.9 Å². The van der Waals surface area contributed by atoms with E-state index in [1.165, 1.54) is 24.3 Å². The van der Waals surface area contributed by atoms with E-state index in [0.717, 1.165) is 11.7 Å². The van der Waals surface area contributed by atoms with Crippen molar-refractivity contribution in [2.75, 3.05) is 5.32 Å². The van der Waals surface area contributed by atoms with Crippen LogP contribution in [-0.2, 0) is 4.79 Å². The van der Waals surface area contributed by atoms with E-state index in [0.29, 0.717) is 27.3 Å². The van der Waals surface area contributed by atoms with E-state index < -0.39 is 10.8 Å². The number of carbonyl (C=O) groups excluding carboxylic acids is 1. The van der Waals surface area contributed by atoms with Crippen LogP contribution in [0.15, 0.2) is 42.5 Å². The summed E-state index contributed by atoms with van der Waals surface area (Å²) in [6.45, 7) is 0. The number of fused-ring (bicyclic) bond motifs is 1. The van der Waals surface area contributed by atoms with Crippen molar-refractivity contribution in [2.24, 2.45) is 0 Å². The number of aromatic nitrogens is 2. The first-order chi connectivity index (χ1) is 11.5. The highest BCUT2D eigenvalue weighted by Gasteiger charge is 2.11. The average Bonchev–Trinajstić information content (AvgIpc) is 3.05. The number of rotatable bonds is 4. The molecule has 0 spiro atoms. The molecule has 1 heterocycles. The first-order valence-corrected chi connectivity index (χ1v) is 7.80. The molecular formula is C15H9ClN4O3S. The molecule has 120 valence electrons. The van der Waals surface area contributed by atoms with Crippen LogP contribution in [-0.4, -0.2) is 19.6 Å². The van der Waals surface area contributed by atoms with Crippen molar-refractivity contribution < 1.29 is 9.72 Å². The van der Waals surface area contributed by atoms with Crippen LogP contribution in [0.5, 0.6) is 0 Å². The third-order valence-electron chi connectivity index (χ3n) is 3.13. The van der Waals surface area contributed by atoms with Crippen molar-refractivity contribution in [3.63, 3.8) is 0 Å². The van der Waals surface area contributed by atoms with Gasteiger partial charge in [0.15, 0.2) is 0 Å². The second kappa shape index (κ2) is 6.73. The highest BCUT2D eigenvalue weighted by Crippen LogP contribution is 2.29. The van der Waals surface area contributed by atoms with Crippen LogP contribution in [0.25, 0.3) is 17.1 Å². The fourth-order valence-corrected chi connectivity index (χ4v) is 2.77. The second-order valence-electron chi connectivity index (χ2n) is 4.73. The summed E-state index contributed by atoms with van der Waals surface area (Å²) in [4.78, 5) is 22.3. The van der Waals surface area contributed by atoms with Crippen LogP contribution in [0.4, 0.5) is 11.4 Å². The van der Waals surface area contributed by atoms with Gasteiger partial charge in [0.05, 0.1) is 27.4 Å². The van der Waals surface area contributed by atoms with E-state index in [4.69, 9.17) is 11.6 Å². The molecule has 0 fully saturated rings. The molecule has 1 amide bonds. The van der Waals surface area contributed by atoms with Crippen molar-refractivity contribution in [1.29, 1.82) is 0 Å². The number of anilines is 1. The minimum atomic E-state index is -0.493. The maximum atomic E-state index is 12.1. The summed E-state index contributed by atoms with van der Waals surface area (Å²) in [5.41, 5.74) is 2.04. The van der Waals surface area contributed by atoms with E-state index in [-0.39, 0.29) is 5.69 Å². The summed E-state index contributed by atoms with van der Waals surface area (Å²) in [5, 5.41) is 13.8. The van der Waals surface area contributed by atoms with E-state index in [1.807, 2.05) is 0 Å². The number of nitro groups is 1. The van der Waals surface area contributed by atoms with Gasteiger partial charge in [0, 0.05) is 18.2 Å². The van der Waals surface area contributed by atoms with E-state index in [2.05, 4.69) is 14.1 Å². The number of hydrogen-bond donors (Lipinski definition) is 1. The third kappa shape index (κ3) is 3.39. The van der Waals surface area contributed by atoms with Crippen molar-refractivity contribution in [3.05, 3.63) is 63.2 Å². The second-order valence-corrected chi connectivity index (χ2v) is 5.66. The zero-order chi connectivity index (χ0) is 17.1. The van der Waals surface area contributed by atoms with E-state index >= 15 is 0 Å². The first-order valence-electron chi connectivity index (χ1n) is 6.69. The maximum Gasteiger partial charge on any atom is 0.270 e. The minimum Gasteiger partial charge on any atom is -0.319 e. The van der Waals surface area contributed by atoms with Crippen LogP contribution in [0.3, 0.4) is 0 Å². The summed E-state index contributed by atoms with van der Waals surface area (Å²) in [7, 11) is 0. The van der Waals surface area contributed by atoms with E-state index in [1.54, 1.807) is 24.3 Å². The lowest BCUT2D eigenvalue weighted by molar-refractivity contribution is -0.384. The summed E-state index contributed by atoms with van der Waals surface area (Å²) in [6, 6.07) is 9.32. The molecule has 0 aliphatic rings. The van der Waals surface area contributed by atoms with Gasteiger partial charge in [0.1, 0.15) is 11.0 Å². The monoisotopic (exact) mass is 360 g/mol. The van der Waals surface area contributed by atoms with Crippen molar-refractivity contribution in [1.82, 2.24) is 8.75 Å². The van der Waals surface area contributed by atoms with Gasteiger partial charge in [0.25, 0.3) is 5.69 Å². The number of carbonyl (C=O) groups is 1. The van der Waals surface area contributed by atoms with Gasteiger partial charge in [-0.1, -0.05) is 23.7 Å². The van der Waals surface area contributed by atoms with Crippen LogP contribution >= 0.6 is 23.3 Å². The SMILES string of the molecule is O=C(C=Cc1cccc([N+](=O)[O-])c1)Nc1c(Cl)ccc2nsnc12. The standard InChI is InChI=1S/C15H9ClN4O3S/c16-11-5-6-12-15(19-24-18-12)14(11)17-13(21)7-4-9-2-1-3-10(8-9)20(22)23/h1-8H,(H,17,21). The Hall–Kier alpha value is -2.84. The molecule has 0 aliphatic carbocycles. The number of halogens is 1. The Bertz CT molecular complexity index is 970. The number of hydrogen-bond acceptors (Lipinski definition) is 6. The van der Waals surface area contributed by atoms with Gasteiger partial charge in [-0.15, -0.1) is 0 Å². The average molecular weight is 361 g/mol. The van der Waals surface area contributed by atoms with Gasteiger partial charge in [-0.2, -0.15) is 8.75 Å². The Morgan fingerprint density at radius 3 is 2.92 bits per heavy atom. The zero-order valence-electron chi connectivity index (χ0n) is 12.0. The molecule has 0 saturated carbocycles. The Labute approximate surface area is 145 Å². The topological polar surface area (TPSA) is 98.0 Å². The number of benzene rings is 2. The molecule has 2 aromatic carbocycles. The molecular weight excluding hydrogens is 352 g/mol. The van der Waals surface area contributed by atoms with Gasteiger partial charge in [0.2, 0.25) is 5.91 Å². The Morgan fingerprint density at radius 2 is 2.12 bits per heavy atom. The number of amides is 1. The number of non-ortho nitro benzene ring substituents is 1. The highest BCUT2D eigenvalue weighted by molar-refractivity contribution is 7.00. The molecule has 0 radical (unpaired) electrons. The molecule has 3 aromatic rings. The van der Waals surface area contributed by atoms with Crippen molar-refractivity contribution >= 4 is 57.7 Å². The number of nitrogens with one attached hydrogen (secondary N) is 1. The van der Waals surface area contributed by atoms with Gasteiger partial charge >= 0.3 is 0 Å². The van der Waals surface area contributed by atoms with Gasteiger partial charge in [-0.25, -0.2) is 0 Å². The Kier molecular flexibility index (Phi) is 4.50. The third-order valence-corrected chi connectivity index (χ3v) is 3.99. The Morgan fingerprint density at radius 1 is 1.29 bits per heavy atom. The van der Waals surface area contributed by atoms with Crippen LogP contribution in [0.2, 0.25) is 5.02 Å². The molecule has 0 atom stereocenters. The normalized spacial score (nSPS) is 11.0. The molecule has 0 saturated heterocycles. The summed E-state index contributed by atoms with van der Waals surface area (Å²) in [6.07, 6.45) is 2.75. The quantitative estimate of drug-likeness (QED) is 0.432. The molecule has 0 unspecified atom stereocenters. The first kappa shape index (κ1) is 16.0. The molecule has 9 heteroatoms. The fourth-order valence-electron chi connectivity index (χ4n) is 2.02. The van der Waals surface area contributed by atoms with Gasteiger partial charge in [-0.05, 0) is 23.8 Å². The summed E-state index contributed by atoms with van der Waals surface area (Å²) in [5.74, 6) is -0.427. The number of nitrogens with zero attached hydrogens (tertiary/aromatic N) is 3. The van der Waals surface area contributed by atoms with Crippen LogP contribution < -0.4 is 5.32 Å². The highest BCUT2D eigenvalue weighted by atomic mass is 35.5. The van der Waals surface area contributed by atoms with Crippen LogP contribution in [0.1, 0.15) is 5.56 Å². The molecule has 0 aliphatic heterocycles. The lowest BCUT2D eigenvalue weighted by Crippen LogP contribution is -2.08. The summed E-state index contributed by atoms with van der Waals surface area (Å²) >= 11 is 7.13. The smallest absolute Gasteiger partial charge is 0.270 e. The fraction of sp³-hybridized carbons (Fsp3) is 0. The van der Waals surface area contributed by atoms with E-state index in [9.17, 15) is 14.9 Å². The Balaban J connectivity index is 1.80. The molecule has 7 nitrogen and oxygen atoms in total. The molecule has 1 N–H and O–H groups in total. The van der Waals surface area contributed by atoms with Crippen molar-refractivity contribution in [3.8, 4) is 0 Å². The predicted octanol–water partition coefficient (Wildman–Crippen LogP) is 3.90. The molecule has 0 bridgehead atoms. The largest absolute Gasteiger partial charge is 0.319 e. The summed E-state index contributed by atoms with van der Waals surface area (Å²) < 4.78 is 8.20. The lowest BCUT2D eigenvalue weighted by atomic mass is 10.2. The van der Waals surface area contributed by atoms with Crippen LogP contribution in [0, 0.1) is 10.1 Å². The molecule has 1 aromatic heterocycles. The maximum absolute atomic E-state index is 12.1. The minimum absolute atomic E-state index is 0.0427. The molecule has 24 heavy (non-hydrogen) atoms.